The largest absolute Gasteiger partial charge is 0.278 e. The van der Waals surface area contributed by atoms with Crippen molar-refractivity contribution in [2.45, 2.75) is 19.3 Å². The standard InChI is InChI=1S/C39H27N3/c1-39(2)30-17-9-6-14-27(30)35-25-21-23-34-36(26(25)20-22-31(35)39)29-16-8-11-19-33(29)42(34)38-40-32-18-10-7-15-28(32)37(41-38)24-12-4-3-5-13-24/h3-23H,1-2H3. The van der Waals surface area contributed by atoms with Gasteiger partial charge < -0.3 is 0 Å². The van der Waals surface area contributed by atoms with Gasteiger partial charge in [-0.2, -0.15) is 0 Å². The van der Waals surface area contributed by atoms with E-state index in [-0.39, 0.29) is 5.41 Å². The van der Waals surface area contributed by atoms with Crippen LogP contribution < -0.4 is 0 Å². The number of hydrogen-bond acceptors (Lipinski definition) is 2. The highest BCUT2D eigenvalue weighted by Crippen LogP contribution is 2.52. The van der Waals surface area contributed by atoms with E-state index < -0.39 is 0 Å². The smallest absolute Gasteiger partial charge is 0.235 e. The van der Waals surface area contributed by atoms with E-state index in [2.05, 4.69) is 134 Å². The van der Waals surface area contributed by atoms with E-state index in [1.165, 1.54) is 43.8 Å². The maximum absolute atomic E-state index is 5.25. The Morgan fingerprint density at radius 1 is 0.524 bits per heavy atom. The number of hydrogen-bond donors (Lipinski definition) is 0. The van der Waals surface area contributed by atoms with Gasteiger partial charge in [0.05, 0.1) is 22.2 Å². The molecule has 0 aliphatic heterocycles. The molecule has 0 radical (unpaired) electrons. The topological polar surface area (TPSA) is 30.7 Å². The number of aromatic nitrogens is 3. The molecule has 0 amide bonds. The van der Waals surface area contributed by atoms with Gasteiger partial charge in [0.25, 0.3) is 0 Å². The highest BCUT2D eigenvalue weighted by atomic mass is 15.2. The lowest BCUT2D eigenvalue weighted by molar-refractivity contribution is 0.661. The normalized spacial score (nSPS) is 13.7. The number of rotatable bonds is 2. The molecule has 6 aromatic carbocycles. The summed E-state index contributed by atoms with van der Waals surface area (Å²) in [4.78, 5) is 10.4. The van der Waals surface area contributed by atoms with Crippen LogP contribution in [0.1, 0.15) is 25.0 Å². The number of nitrogens with zero attached hydrogens (tertiary/aromatic N) is 3. The molecule has 0 bridgehead atoms. The minimum Gasteiger partial charge on any atom is -0.278 e. The zero-order valence-corrected chi connectivity index (χ0v) is 23.5. The van der Waals surface area contributed by atoms with Crippen LogP contribution in [-0.2, 0) is 5.41 Å². The van der Waals surface area contributed by atoms with Gasteiger partial charge >= 0.3 is 0 Å². The van der Waals surface area contributed by atoms with Crippen LogP contribution >= 0.6 is 0 Å². The molecule has 0 saturated carbocycles. The van der Waals surface area contributed by atoms with Crippen molar-refractivity contribution in [2.24, 2.45) is 0 Å². The molecule has 9 rings (SSSR count). The van der Waals surface area contributed by atoms with Gasteiger partial charge in [-0.1, -0.05) is 123 Å². The molecule has 3 nitrogen and oxygen atoms in total. The lowest BCUT2D eigenvalue weighted by Gasteiger charge is -2.21. The van der Waals surface area contributed by atoms with Crippen molar-refractivity contribution in [3.8, 4) is 28.3 Å². The van der Waals surface area contributed by atoms with Crippen LogP contribution in [0.2, 0.25) is 0 Å². The third-order valence-electron chi connectivity index (χ3n) is 9.22. The van der Waals surface area contributed by atoms with Gasteiger partial charge in [-0.25, -0.2) is 9.97 Å². The van der Waals surface area contributed by atoms with Crippen LogP contribution in [0, 0.1) is 0 Å². The summed E-state index contributed by atoms with van der Waals surface area (Å²) in [6.07, 6.45) is 0. The molecule has 42 heavy (non-hydrogen) atoms. The molecule has 0 spiro atoms. The van der Waals surface area contributed by atoms with Crippen LogP contribution in [0.4, 0.5) is 0 Å². The lowest BCUT2D eigenvalue weighted by atomic mass is 9.82. The fourth-order valence-corrected chi connectivity index (χ4v) is 7.27. The van der Waals surface area contributed by atoms with E-state index in [0.29, 0.717) is 5.95 Å². The molecule has 8 aromatic rings. The Morgan fingerprint density at radius 3 is 2.12 bits per heavy atom. The van der Waals surface area contributed by atoms with E-state index in [0.717, 1.165) is 33.2 Å². The average Bonchev–Trinajstić information content (AvgIpc) is 3.50. The van der Waals surface area contributed by atoms with Gasteiger partial charge in [-0.15, -0.1) is 0 Å². The fourth-order valence-electron chi connectivity index (χ4n) is 7.27. The molecular weight excluding hydrogens is 510 g/mol. The van der Waals surface area contributed by atoms with Gasteiger partial charge in [0.15, 0.2) is 0 Å². The molecule has 1 aliphatic rings. The summed E-state index contributed by atoms with van der Waals surface area (Å²) >= 11 is 0. The van der Waals surface area contributed by atoms with Crippen LogP contribution in [-0.4, -0.2) is 14.5 Å². The SMILES string of the molecule is CC1(C)c2ccccc2-c2c1ccc1c2ccc2c1c1ccccc1n2-c1nc(-c2ccccc2)c2ccccc2n1. The molecule has 2 aromatic heterocycles. The quantitative estimate of drug-likeness (QED) is 0.220. The molecule has 1 aliphatic carbocycles. The Balaban J connectivity index is 1.40. The third kappa shape index (κ3) is 3.05. The Kier molecular flexibility index (Phi) is 4.67. The summed E-state index contributed by atoms with van der Waals surface area (Å²) in [6.45, 7) is 4.69. The molecular formula is C39H27N3. The van der Waals surface area contributed by atoms with Gasteiger partial charge in [0, 0.05) is 27.1 Å². The molecule has 0 N–H and O–H groups in total. The molecule has 0 unspecified atom stereocenters. The first-order valence-corrected chi connectivity index (χ1v) is 14.5. The Morgan fingerprint density at radius 2 is 1.24 bits per heavy atom. The van der Waals surface area contributed by atoms with Crippen LogP contribution in [0.15, 0.2) is 127 Å². The van der Waals surface area contributed by atoms with Gasteiger partial charge in [0.2, 0.25) is 5.95 Å². The summed E-state index contributed by atoms with van der Waals surface area (Å²) in [5.74, 6) is 0.686. The van der Waals surface area contributed by atoms with Crippen LogP contribution in [0.3, 0.4) is 0 Å². The lowest BCUT2D eigenvalue weighted by Crippen LogP contribution is -2.14. The Hall–Kier alpha value is -5.28. The summed E-state index contributed by atoms with van der Waals surface area (Å²) in [5, 5.41) is 6.06. The summed E-state index contributed by atoms with van der Waals surface area (Å²) in [6, 6.07) is 45.5. The van der Waals surface area contributed by atoms with Gasteiger partial charge in [-0.05, 0) is 51.2 Å². The second-order valence-corrected chi connectivity index (χ2v) is 11.8. The summed E-state index contributed by atoms with van der Waals surface area (Å²) in [5.41, 5.74) is 10.6. The monoisotopic (exact) mass is 537 g/mol. The predicted octanol–water partition coefficient (Wildman–Crippen LogP) is 9.85. The second kappa shape index (κ2) is 8.37. The number of fused-ring (bicyclic) bond motifs is 10. The predicted molar refractivity (Wildman–Crippen MR) is 174 cm³/mol. The van der Waals surface area contributed by atoms with Crippen molar-refractivity contribution in [2.75, 3.05) is 0 Å². The maximum Gasteiger partial charge on any atom is 0.235 e. The Labute approximate surface area is 243 Å². The van der Waals surface area contributed by atoms with E-state index in [9.17, 15) is 0 Å². The van der Waals surface area contributed by atoms with E-state index >= 15 is 0 Å². The first-order valence-electron chi connectivity index (χ1n) is 14.5. The third-order valence-corrected chi connectivity index (χ3v) is 9.22. The highest BCUT2D eigenvalue weighted by molar-refractivity contribution is 6.23. The summed E-state index contributed by atoms with van der Waals surface area (Å²) < 4.78 is 2.24. The van der Waals surface area contributed by atoms with Crippen molar-refractivity contribution in [3.05, 3.63) is 139 Å². The molecule has 0 saturated heterocycles. The first-order chi connectivity index (χ1) is 20.6. The minimum absolute atomic E-state index is 0.0319. The van der Waals surface area contributed by atoms with Gasteiger partial charge in [0.1, 0.15) is 0 Å². The van der Waals surface area contributed by atoms with Gasteiger partial charge in [-0.3, -0.25) is 4.57 Å². The molecule has 198 valence electrons. The molecule has 0 fully saturated rings. The fraction of sp³-hybridized carbons (Fsp3) is 0.0769. The first kappa shape index (κ1) is 23.4. The van der Waals surface area contributed by atoms with Crippen molar-refractivity contribution >= 4 is 43.5 Å². The maximum atomic E-state index is 5.25. The van der Waals surface area contributed by atoms with E-state index in [1.54, 1.807) is 0 Å². The van der Waals surface area contributed by atoms with E-state index in [1.807, 2.05) is 12.1 Å². The van der Waals surface area contributed by atoms with Crippen LogP contribution in [0.25, 0.3) is 71.8 Å². The summed E-state index contributed by atoms with van der Waals surface area (Å²) in [7, 11) is 0. The molecule has 0 atom stereocenters. The van der Waals surface area contributed by atoms with Crippen molar-refractivity contribution in [1.82, 2.24) is 14.5 Å². The molecule has 2 heterocycles. The molecule has 3 heteroatoms. The highest BCUT2D eigenvalue weighted by Gasteiger charge is 2.36. The number of benzene rings is 6. The second-order valence-electron chi connectivity index (χ2n) is 11.8. The van der Waals surface area contributed by atoms with E-state index in [4.69, 9.17) is 9.97 Å². The van der Waals surface area contributed by atoms with Crippen molar-refractivity contribution < 1.29 is 0 Å². The Bertz CT molecular complexity index is 2380. The van der Waals surface area contributed by atoms with Crippen LogP contribution in [0.5, 0.6) is 0 Å². The zero-order chi connectivity index (χ0) is 28.0. The van der Waals surface area contributed by atoms with Crippen molar-refractivity contribution in [1.29, 1.82) is 0 Å². The van der Waals surface area contributed by atoms with Crippen molar-refractivity contribution in [3.63, 3.8) is 0 Å². The average molecular weight is 538 g/mol. The number of para-hydroxylation sites is 2. The minimum atomic E-state index is -0.0319. The zero-order valence-electron chi connectivity index (χ0n) is 23.5.